The molecule has 1 aliphatic carbocycles. The predicted octanol–water partition coefficient (Wildman–Crippen LogP) is 1.49. The standard InChI is InChI=1S/C13H15N3O2/c1-13(8-5-6-8)11(17)16(12(18)15-13)10-4-2-3-9(14)7-10/h2-4,7-8H,5-6,14H2,1H3,(H,15,18)/t13-/m0/s1. The van der Waals surface area contributed by atoms with Crippen LogP contribution in [0.25, 0.3) is 0 Å². The van der Waals surface area contributed by atoms with Crippen molar-refractivity contribution in [2.24, 2.45) is 5.92 Å². The van der Waals surface area contributed by atoms with Crippen LogP contribution in [0.2, 0.25) is 0 Å². The number of nitrogens with one attached hydrogen (secondary N) is 1. The molecule has 1 aromatic rings. The first-order valence-corrected chi connectivity index (χ1v) is 6.04. The zero-order chi connectivity index (χ0) is 12.9. The summed E-state index contributed by atoms with van der Waals surface area (Å²) in [4.78, 5) is 25.6. The normalized spacial score (nSPS) is 27.5. The SMILES string of the molecule is C[C@@]1(C2CC2)NC(=O)N(c2cccc(N)c2)C1=O. The van der Waals surface area contributed by atoms with Gasteiger partial charge in [-0.2, -0.15) is 0 Å². The van der Waals surface area contributed by atoms with Gasteiger partial charge in [0.05, 0.1) is 5.69 Å². The van der Waals surface area contributed by atoms with Crippen molar-refractivity contribution >= 4 is 23.3 Å². The van der Waals surface area contributed by atoms with Gasteiger partial charge in [-0.25, -0.2) is 9.69 Å². The predicted molar refractivity (Wildman–Crippen MR) is 68.0 cm³/mol. The summed E-state index contributed by atoms with van der Waals surface area (Å²) in [5.74, 6) is 0.0839. The Morgan fingerprint density at radius 1 is 1.39 bits per heavy atom. The molecular weight excluding hydrogens is 230 g/mol. The number of carbonyl (C=O) groups is 2. The molecular formula is C13H15N3O2. The number of nitrogens with zero attached hydrogens (tertiary/aromatic N) is 1. The number of benzene rings is 1. The van der Waals surface area contributed by atoms with Crippen LogP contribution in [0.4, 0.5) is 16.2 Å². The van der Waals surface area contributed by atoms with Gasteiger partial charge in [0.1, 0.15) is 5.54 Å². The molecule has 1 saturated carbocycles. The number of amides is 3. The highest BCUT2D eigenvalue weighted by molar-refractivity contribution is 6.23. The molecule has 1 saturated heterocycles. The number of anilines is 2. The first-order valence-electron chi connectivity index (χ1n) is 6.04. The highest BCUT2D eigenvalue weighted by Crippen LogP contribution is 2.43. The molecule has 0 radical (unpaired) electrons. The molecule has 0 bridgehead atoms. The highest BCUT2D eigenvalue weighted by Gasteiger charge is 2.56. The van der Waals surface area contributed by atoms with E-state index in [1.165, 1.54) is 4.90 Å². The summed E-state index contributed by atoms with van der Waals surface area (Å²) in [7, 11) is 0. The van der Waals surface area contributed by atoms with Crippen LogP contribution >= 0.6 is 0 Å². The van der Waals surface area contributed by atoms with Crippen molar-refractivity contribution in [1.29, 1.82) is 0 Å². The van der Waals surface area contributed by atoms with Crippen LogP contribution in [-0.2, 0) is 4.79 Å². The summed E-state index contributed by atoms with van der Waals surface area (Å²) in [6, 6.07) is 6.45. The van der Waals surface area contributed by atoms with Gasteiger partial charge < -0.3 is 11.1 Å². The molecule has 3 rings (SSSR count). The van der Waals surface area contributed by atoms with E-state index < -0.39 is 5.54 Å². The smallest absolute Gasteiger partial charge is 0.329 e. The van der Waals surface area contributed by atoms with E-state index in [1.807, 2.05) is 0 Å². The Hall–Kier alpha value is -2.04. The second kappa shape index (κ2) is 3.48. The summed E-state index contributed by atoms with van der Waals surface area (Å²) in [6.07, 6.45) is 1.99. The lowest BCUT2D eigenvalue weighted by atomic mass is 9.96. The Bertz CT molecular complexity index is 539. The van der Waals surface area contributed by atoms with Crippen molar-refractivity contribution in [3.8, 4) is 0 Å². The number of hydrogen-bond donors (Lipinski definition) is 2. The lowest BCUT2D eigenvalue weighted by Crippen LogP contribution is -2.46. The molecule has 0 unspecified atom stereocenters. The van der Waals surface area contributed by atoms with Gasteiger partial charge in [0.2, 0.25) is 0 Å². The maximum Gasteiger partial charge on any atom is 0.329 e. The average molecular weight is 245 g/mol. The molecule has 1 atom stereocenters. The molecule has 1 heterocycles. The zero-order valence-corrected chi connectivity index (χ0v) is 10.1. The Labute approximate surface area is 105 Å². The van der Waals surface area contributed by atoms with E-state index in [-0.39, 0.29) is 17.9 Å². The number of carbonyl (C=O) groups excluding carboxylic acids is 2. The number of rotatable bonds is 2. The van der Waals surface area contributed by atoms with Crippen LogP contribution < -0.4 is 16.0 Å². The van der Waals surface area contributed by atoms with Gasteiger partial charge in [-0.15, -0.1) is 0 Å². The molecule has 18 heavy (non-hydrogen) atoms. The lowest BCUT2D eigenvalue weighted by Gasteiger charge is -2.21. The van der Waals surface area contributed by atoms with Crippen molar-refractivity contribution in [2.75, 3.05) is 10.6 Å². The van der Waals surface area contributed by atoms with Crippen molar-refractivity contribution in [2.45, 2.75) is 25.3 Å². The van der Waals surface area contributed by atoms with E-state index in [0.717, 1.165) is 12.8 Å². The molecule has 0 spiro atoms. The van der Waals surface area contributed by atoms with Gasteiger partial charge in [0, 0.05) is 5.69 Å². The molecule has 1 aromatic carbocycles. The highest BCUT2D eigenvalue weighted by atomic mass is 16.2. The van der Waals surface area contributed by atoms with Crippen molar-refractivity contribution in [3.63, 3.8) is 0 Å². The largest absolute Gasteiger partial charge is 0.399 e. The van der Waals surface area contributed by atoms with Crippen LogP contribution in [0, 0.1) is 5.92 Å². The fourth-order valence-corrected chi connectivity index (χ4v) is 2.49. The Morgan fingerprint density at radius 3 is 2.72 bits per heavy atom. The molecule has 94 valence electrons. The number of urea groups is 1. The third-order valence-electron chi connectivity index (χ3n) is 3.74. The topological polar surface area (TPSA) is 75.4 Å². The monoisotopic (exact) mass is 245 g/mol. The van der Waals surface area contributed by atoms with Crippen molar-refractivity contribution in [3.05, 3.63) is 24.3 Å². The fourth-order valence-electron chi connectivity index (χ4n) is 2.49. The molecule has 1 aliphatic heterocycles. The number of nitrogen functional groups attached to an aromatic ring is 1. The zero-order valence-electron chi connectivity index (χ0n) is 10.1. The minimum atomic E-state index is -0.748. The molecule has 3 amide bonds. The van der Waals surface area contributed by atoms with E-state index in [1.54, 1.807) is 31.2 Å². The summed E-state index contributed by atoms with van der Waals surface area (Å²) in [6.45, 7) is 1.80. The second-order valence-electron chi connectivity index (χ2n) is 5.14. The molecule has 3 N–H and O–H groups in total. The Balaban J connectivity index is 1.98. The summed E-state index contributed by atoms with van der Waals surface area (Å²) >= 11 is 0. The average Bonchev–Trinajstić information content (AvgIpc) is 3.09. The van der Waals surface area contributed by atoms with E-state index in [9.17, 15) is 9.59 Å². The second-order valence-corrected chi connectivity index (χ2v) is 5.14. The van der Waals surface area contributed by atoms with Gasteiger partial charge in [-0.1, -0.05) is 6.07 Å². The fraction of sp³-hybridized carbons (Fsp3) is 0.385. The Kier molecular flexibility index (Phi) is 2.14. The van der Waals surface area contributed by atoms with E-state index in [0.29, 0.717) is 11.4 Å². The van der Waals surface area contributed by atoms with Crippen molar-refractivity contribution < 1.29 is 9.59 Å². The first-order chi connectivity index (χ1) is 8.52. The summed E-state index contributed by atoms with van der Waals surface area (Å²) in [5.41, 5.74) is 6.00. The van der Waals surface area contributed by atoms with Gasteiger partial charge in [-0.05, 0) is 43.9 Å². The van der Waals surface area contributed by atoms with Crippen LogP contribution in [0.5, 0.6) is 0 Å². The Morgan fingerprint density at radius 2 is 2.11 bits per heavy atom. The quantitative estimate of drug-likeness (QED) is 0.612. The minimum Gasteiger partial charge on any atom is -0.399 e. The van der Waals surface area contributed by atoms with E-state index in [4.69, 9.17) is 5.73 Å². The van der Waals surface area contributed by atoms with Gasteiger partial charge in [-0.3, -0.25) is 4.79 Å². The van der Waals surface area contributed by atoms with Crippen LogP contribution in [0.15, 0.2) is 24.3 Å². The first kappa shape index (κ1) is 11.1. The number of hydrogen-bond acceptors (Lipinski definition) is 3. The van der Waals surface area contributed by atoms with Crippen LogP contribution in [-0.4, -0.2) is 17.5 Å². The lowest BCUT2D eigenvalue weighted by molar-refractivity contribution is -0.122. The third kappa shape index (κ3) is 1.47. The van der Waals surface area contributed by atoms with Gasteiger partial charge >= 0.3 is 6.03 Å². The maximum atomic E-state index is 12.4. The molecule has 5 nitrogen and oxygen atoms in total. The molecule has 0 aromatic heterocycles. The maximum absolute atomic E-state index is 12.4. The van der Waals surface area contributed by atoms with E-state index in [2.05, 4.69) is 5.32 Å². The minimum absolute atomic E-state index is 0.180. The summed E-state index contributed by atoms with van der Waals surface area (Å²) < 4.78 is 0. The summed E-state index contributed by atoms with van der Waals surface area (Å²) in [5, 5.41) is 2.81. The van der Waals surface area contributed by atoms with Crippen LogP contribution in [0.1, 0.15) is 19.8 Å². The third-order valence-corrected chi connectivity index (χ3v) is 3.74. The molecule has 2 fully saturated rings. The number of imide groups is 1. The van der Waals surface area contributed by atoms with Crippen LogP contribution in [0.3, 0.4) is 0 Å². The molecule has 5 heteroatoms. The van der Waals surface area contributed by atoms with Crippen molar-refractivity contribution in [1.82, 2.24) is 5.32 Å². The van der Waals surface area contributed by atoms with E-state index >= 15 is 0 Å². The van der Waals surface area contributed by atoms with Gasteiger partial charge in [0.25, 0.3) is 5.91 Å². The number of nitrogens with two attached hydrogens (primary N) is 1. The molecule has 2 aliphatic rings. The van der Waals surface area contributed by atoms with Gasteiger partial charge in [0.15, 0.2) is 0 Å².